The van der Waals surface area contributed by atoms with Crippen LogP contribution in [0.4, 0.5) is 19.7 Å². The molecule has 1 saturated heterocycles. The average Bonchev–Trinajstić information content (AvgIpc) is 3.95. The zero-order valence-corrected chi connectivity index (χ0v) is 24.0. The quantitative estimate of drug-likeness (QED) is 0.243. The first-order valence-corrected chi connectivity index (χ1v) is 14.3. The molecule has 0 unspecified atom stereocenters. The van der Waals surface area contributed by atoms with E-state index >= 15 is 0 Å². The van der Waals surface area contributed by atoms with E-state index in [-0.39, 0.29) is 51.9 Å². The summed E-state index contributed by atoms with van der Waals surface area (Å²) >= 11 is 1.11. The van der Waals surface area contributed by atoms with Gasteiger partial charge in [-0.15, -0.1) is 10.2 Å². The monoisotopic (exact) mass is 608 g/mol. The molecule has 12 nitrogen and oxygen atoms in total. The molecule has 222 valence electrons. The molecular formula is C28H26F2N8O4S. The van der Waals surface area contributed by atoms with Gasteiger partial charge in [0.2, 0.25) is 5.13 Å². The van der Waals surface area contributed by atoms with Gasteiger partial charge in [-0.25, -0.2) is 13.8 Å². The molecule has 6 rings (SSSR count). The maximum Gasteiger partial charge on any atom is 0.285 e. The fraction of sp³-hybridized carbons (Fsp3) is 0.393. The van der Waals surface area contributed by atoms with Gasteiger partial charge in [0.25, 0.3) is 24.3 Å². The third kappa shape index (κ3) is 5.45. The molecule has 3 aromatic heterocycles. The topological polar surface area (TPSA) is 147 Å². The van der Waals surface area contributed by atoms with Crippen molar-refractivity contribution in [1.29, 1.82) is 5.41 Å². The molecule has 0 bridgehead atoms. The Bertz CT molecular complexity index is 1680. The number of carbonyl (C=O) groups excluding carboxylic acids is 2. The van der Waals surface area contributed by atoms with Crippen LogP contribution in [0.3, 0.4) is 0 Å². The van der Waals surface area contributed by atoms with Crippen molar-refractivity contribution in [1.82, 2.24) is 25.1 Å². The molecule has 3 fully saturated rings. The lowest BCUT2D eigenvalue weighted by Gasteiger charge is -2.41. The van der Waals surface area contributed by atoms with Crippen molar-refractivity contribution in [3.05, 3.63) is 40.8 Å². The molecular weight excluding hydrogens is 582 g/mol. The maximum atomic E-state index is 13.7. The third-order valence-electron chi connectivity index (χ3n) is 7.51. The Morgan fingerprint density at radius 3 is 2.63 bits per heavy atom. The third-order valence-corrected chi connectivity index (χ3v) is 8.26. The minimum absolute atomic E-state index is 0.0302. The fourth-order valence-corrected chi connectivity index (χ4v) is 5.54. The Balaban J connectivity index is 1.37. The molecule has 0 radical (unpaired) electrons. The first-order valence-electron chi connectivity index (χ1n) is 13.4. The van der Waals surface area contributed by atoms with Gasteiger partial charge in [0.1, 0.15) is 22.8 Å². The predicted molar refractivity (Wildman–Crippen MR) is 152 cm³/mol. The van der Waals surface area contributed by atoms with Crippen molar-refractivity contribution in [3.63, 3.8) is 0 Å². The SMILES string of the molecule is COC(=N)N1CCN(c2cc(-c3cc(C(F)F)ncc3OC)c(C(=O)Nc3nnc(C#CC4CC4)s3)cn2)C(=O)C12CC2. The smallest absolute Gasteiger partial charge is 0.285 e. The van der Waals surface area contributed by atoms with E-state index in [4.69, 9.17) is 14.9 Å². The first-order chi connectivity index (χ1) is 20.7. The number of halogens is 2. The Hall–Kier alpha value is -4.71. The Morgan fingerprint density at radius 1 is 1.16 bits per heavy atom. The van der Waals surface area contributed by atoms with Gasteiger partial charge in [-0.05, 0) is 43.7 Å². The van der Waals surface area contributed by atoms with Crippen LogP contribution in [0.5, 0.6) is 5.75 Å². The van der Waals surface area contributed by atoms with Gasteiger partial charge >= 0.3 is 0 Å². The minimum atomic E-state index is -2.87. The summed E-state index contributed by atoms with van der Waals surface area (Å²) in [6.07, 6.45) is 2.79. The van der Waals surface area contributed by atoms with Crippen molar-refractivity contribution in [3.8, 4) is 28.7 Å². The zero-order chi connectivity index (χ0) is 30.3. The number of hydrogen-bond acceptors (Lipinski definition) is 10. The number of nitrogens with zero attached hydrogens (tertiary/aromatic N) is 6. The van der Waals surface area contributed by atoms with Crippen molar-refractivity contribution in [2.75, 3.05) is 37.5 Å². The molecule has 2 amide bonds. The number of carbonyl (C=O) groups is 2. The van der Waals surface area contributed by atoms with Gasteiger partial charge in [-0.1, -0.05) is 17.3 Å². The number of amidine groups is 1. The van der Waals surface area contributed by atoms with E-state index in [0.29, 0.717) is 30.3 Å². The number of amides is 2. The summed E-state index contributed by atoms with van der Waals surface area (Å²) in [7, 11) is 2.74. The summed E-state index contributed by atoms with van der Waals surface area (Å²) in [5, 5.41) is 19.5. The number of hydrogen-bond donors (Lipinski definition) is 2. The van der Waals surface area contributed by atoms with E-state index in [2.05, 4.69) is 37.3 Å². The normalized spacial score (nSPS) is 17.0. The predicted octanol–water partition coefficient (Wildman–Crippen LogP) is 3.72. The van der Waals surface area contributed by atoms with E-state index in [1.165, 1.54) is 31.4 Å². The lowest BCUT2D eigenvalue weighted by molar-refractivity contribution is -0.126. The second-order valence-electron chi connectivity index (χ2n) is 10.3. The molecule has 3 aliphatic rings. The number of aromatic nitrogens is 4. The van der Waals surface area contributed by atoms with Gasteiger partial charge in [0.15, 0.2) is 5.01 Å². The summed E-state index contributed by atoms with van der Waals surface area (Å²) in [4.78, 5) is 38.6. The van der Waals surface area contributed by atoms with E-state index in [9.17, 15) is 18.4 Å². The summed E-state index contributed by atoms with van der Waals surface area (Å²) < 4.78 is 37.9. The molecule has 15 heteroatoms. The number of pyridine rings is 2. The second kappa shape index (κ2) is 11.2. The van der Waals surface area contributed by atoms with E-state index in [1.807, 2.05) is 0 Å². The first kappa shape index (κ1) is 28.4. The summed E-state index contributed by atoms with van der Waals surface area (Å²) in [5.41, 5.74) is -1.01. The Labute approximate surface area is 248 Å². The highest BCUT2D eigenvalue weighted by atomic mass is 32.1. The number of alkyl halides is 2. The number of piperazine rings is 1. The molecule has 0 aromatic carbocycles. The van der Waals surface area contributed by atoms with Crippen LogP contribution in [0.25, 0.3) is 11.1 Å². The molecule has 2 aliphatic carbocycles. The summed E-state index contributed by atoms with van der Waals surface area (Å²) in [5.74, 6) is 5.91. The lowest BCUT2D eigenvalue weighted by atomic mass is 9.99. The van der Waals surface area contributed by atoms with Crippen LogP contribution in [0.15, 0.2) is 24.5 Å². The number of methoxy groups -OCH3 is 2. The van der Waals surface area contributed by atoms with Crippen molar-refractivity contribution < 1.29 is 27.8 Å². The van der Waals surface area contributed by atoms with Crippen LogP contribution < -0.4 is 15.0 Å². The highest BCUT2D eigenvalue weighted by Crippen LogP contribution is 2.46. The molecule has 2 saturated carbocycles. The fourth-order valence-electron chi connectivity index (χ4n) is 4.94. The van der Waals surface area contributed by atoms with E-state index < -0.39 is 23.6 Å². The molecule has 1 spiro atoms. The minimum Gasteiger partial charge on any atom is -0.494 e. The molecule has 4 heterocycles. The van der Waals surface area contributed by atoms with Crippen molar-refractivity contribution in [2.45, 2.75) is 37.6 Å². The summed E-state index contributed by atoms with van der Waals surface area (Å²) in [6.45, 7) is 0.518. The van der Waals surface area contributed by atoms with Crippen molar-refractivity contribution in [2.24, 2.45) is 5.92 Å². The van der Waals surface area contributed by atoms with Gasteiger partial charge in [-0.3, -0.25) is 30.2 Å². The van der Waals surface area contributed by atoms with E-state index in [0.717, 1.165) is 36.4 Å². The molecule has 3 aromatic rings. The number of anilines is 2. The van der Waals surface area contributed by atoms with Crippen LogP contribution in [-0.2, 0) is 9.53 Å². The average molecular weight is 609 g/mol. The number of rotatable bonds is 6. The second-order valence-corrected chi connectivity index (χ2v) is 11.2. The highest BCUT2D eigenvalue weighted by Gasteiger charge is 2.60. The maximum absolute atomic E-state index is 13.7. The van der Waals surface area contributed by atoms with Crippen LogP contribution in [0.1, 0.15) is 53.2 Å². The highest BCUT2D eigenvalue weighted by molar-refractivity contribution is 7.15. The van der Waals surface area contributed by atoms with Crippen LogP contribution >= 0.6 is 11.3 Å². The largest absolute Gasteiger partial charge is 0.494 e. The molecule has 2 N–H and O–H groups in total. The van der Waals surface area contributed by atoms with Crippen LogP contribution in [0, 0.1) is 23.2 Å². The lowest BCUT2D eigenvalue weighted by Crippen LogP contribution is -2.61. The van der Waals surface area contributed by atoms with Gasteiger partial charge in [-0.2, -0.15) is 0 Å². The van der Waals surface area contributed by atoms with Crippen LogP contribution in [-0.4, -0.2) is 75.7 Å². The Kier molecular flexibility index (Phi) is 7.38. The molecule has 1 aliphatic heterocycles. The van der Waals surface area contributed by atoms with Gasteiger partial charge < -0.3 is 14.4 Å². The van der Waals surface area contributed by atoms with Crippen molar-refractivity contribution >= 4 is 40.1 Å². The van der Waals surface area contributed by atoms with E-state index in [1.54, 1.807) is 4.90 Å². The number of nitrogens with one attached hydrogen (secondary N) is 2. The zero-order valence-electron chi connectivity index (χ0n) is 23.2. The standard InChI is InChI=1S/C28H26F2N8O4S/c1-41-20-14-32-19(23(29)30)11-17(20)16-12-21(37-9-10-38(26(31)42-2)28(7-8-28)25(37)40)33-13-18(16)24(39)34-27-36-35-22(43-27)6-5-15-3-4-15/h11-15,23,31H,3-4,7-10H2,1-2H3,(H,34,36,39). The van der Waals surface area contributed by atoms with Gasteiger partial charge in [0, 0.05) is 36.3 Å². The van der Waals surface area contributed by atoms with Gasteiger partial charge in [0.05, 0.1) is 26.0 Å². The molecule has 43 heavy (non-hydrogen) atoms. The molecule has 0 atom stereocenters. The summed E-state index contributed by atoms with van der Waals surface area (Å²) in [6, 6.07) is 2.56. The number of ether oxygens (including phenoxy) is 2. The Morgan fingerprint density at radius 2 is 1.95 bits per heavy atom. The van der Waals surface area contributed by atoms with Crippen LogP contribution in [0.2, 0.25) is 0 Å².